The lowest BCUT2D eigenvalue weighted by Crippen LogP contribution is -2.04. The van der Waals surface area contributed by atoms with Crippen LogP contribution in [0.15, 0.2) is 24.3 Å². The summed E-state index contributed by atoms with van der Waals surface area (Å²) in [6, 6.07) is 4.83. The summed E-state index contributed by atoms with van der Waals surface area (Å²) in [7, 11) is 0. The molecular formula is C15H18F2O4. The summed E-state index contributed by atoms with van der Waals surface area (Å²) in [5, 5.41) is 0. The monoisotopic (exact) mass is 300 g/mol. The Morgan fingerprint density at radius 3 is 2.43 bits per heavy atom. The second-order valence-corrected chi connectivity index (χ2v) is 3.87. The third-order valence-electron chi connectivity index (χ3n) is 2.34. The normalized spacial score (nSPS) is 10.6. The highest BCUT2D eigenvalue weighted by molar-refractivity contribution is 5.87. The minimum absolute atomic E-state index is 0.107. The van der Waals surface area contributed by atoms with Crippen LogP contribution in [0.5, 0.6) is 11.5 Å². The zero-order valence-corrected chi connectivity index (χ0v) is 11.8. The van der Waals surface area contributed by atoms with Gasteiger partial charge in [0.2, 0.25) is 0 Å². The molecule has 0 atom stereocenters. The van der Waals surface area contributed by atoms with Crippen LogP contribution in [-0.2, 0) is 9.53 Å². The zero-order valence-electron chi connectivity index (χ0n) is 11.8. The maximum Gasteiger partial charge on any atom is 0.330 e. The van der Waals surface area contributed by atoms with Crippen LogP contribution in [0, 0.1) is 0 Å². The molecule has 0 radical (unpaired) electrons. The summed E-state index contributed by atoms with van der Waals surface area (Å²) in [5.74, 6) is 0.169. The Bertz CT molecular complexity index is 475. The number of esters is 1. The number of benzene rings is 1. The standard InChI is InChI=1S/C15H18F2O4/c1-2-19-15(18)6-4-12-3-5-13(20-9-7-16)14(11-12)21-10-8-17/h3-6,11H,2,7-10H2,1H3/b6-4+. The molecular weight excluding hydrogens is 282 g/mol. The second-order valence-electron chi connectivity index (χ2n) is 3.87. The molecule has 0 N–H and O–H groups in total. The van der Waals surface area contributed by atoms with Gasteiger partial charge in [0.25, 0.3) is 0 Å². The van der Waals surface area contributed by atoms with Gasteiger partial charge in [0, 0.05) is 6.08 Å². The first-order chi connectivity index (χ1) is 10.2. The summed E-state index contributed by atoms with van der Waals surface area (Å²) in [5.41, 5.74) is 0.657. The van der Waals surface area contributed by atoms with Crippen LogP contribution in [0.1, 0.15) is 12.5 Å². The fraction of sp³-hybridized carbons (Fsp3) is 0.400. The molecule has 1 aromatic carbocycles. The van der Waals surface area contributed by atoms with Crippen molar-refractivity contribution in [2.75, 3.05) is 33.2 Å². The number of rotatable bonds is 9. The first-order valence-electron chi connectivity index (χ1n) is 6.57. The lowest BCUT2D eigenvalue weighted by atomic mass is 10.2. The number of carbonyl (C=O) groups is 1. The number of alkyl halides is 2. The van der Waals surface area contributed by atoms with E-state index in [2.05, 4.69) is 0 Å². The Kier molecular flexibility index (Phi) is 7.86. The topological polar surface area (TPSA) is 44.8 Å². The predicted molar refractivity (Wildman–Crippen MR) is 75.0 cm³/mol. The maximum absolute atomic E-state index is 12.2. The second kappa shape index (κ2) is 9.74. The molecule has 0 heterocycles. The predicted octanol–water partition coefficient (Wildman–Crippen LogP) is 2.96. The van der Waals surface area contributed by atoms with Gasteiger partial charge < -0.3 is 14.2 Å². The highest BCUT2D eigenvalue weighted by Gasteiger charge is 2.06. The van der Waals surface area contributed by atoms with Crippen molar-refractivity contribution in [1.82, 2.24) is 0 Å². The summed E-state index contributed by atoms with van der Waals surface area (Å²) >= 11 is 0. The van der Waals surface area contributed by atoms with Crippen molar-refractivity contribution in [3.63, 3.8) is 0 Å². The van der Waals surface area contributed by atoms with Crippen molar-refractivity contribution in [2.45, 2.75) is 6.92 Å². The van der Waals surface area contributed by atoms with Crippen LogP contribution in [0.25, 0.3) is 6.08 Å². The molecule has 1 rings (SSSR count). The lowest BCUT2D eigenvalue weighted by Gasteiger charge is -2.11. The van der Waals surface area contributed by atoms with Crippen LogP contribution in [0.2, 0.25) is 0 Å². The van der Waals surface area contributed by atoms with E-state index in [0.717, 1.165) is 0 Å². The molecule has 116 valence electrons. The number of hydrogen-bond donors (Lipinski definition) is 0. The van der Waals surface area contributed by atoms with E-state index in [1.807, 2.05) is 0 Å². The van der Waals surface area contributed by atoms with Gasteiger partial charge in [-0.25, -0.2) is 13.6 Å². The average molecular weight is 300 g/mol. The molecule has 21 heavy (non-hydrogen) atoms. The van der Waals surface area contributed by atoms with E-state index >= 15 is 0 Å². The lowest BCUT2D eigenvalue weighted by molar-refractivity contribution is -0.137. The number of hydrogen-bond acceptors (Lipinski definition) is 4. The highest BCUT2D eigenvalue weighted by Crippen LogP contribution is 2.29. The molecule has 0 aromatic heterocycles. The fourth-order valence-electron chi connectivity index (χ4n) is 1.51. The molecule has 0 aliphatic carbocycles. The summed E-state index contributed by atoms with van der Waals surface area (Å²) in [4.78, 5) is 11.2. The summed E-state index contributed by atoms with van der Waals surface area (Å²) in [6.07, 6.45) is 2.82. The van der Waals surface area contributed by atoms with E-state index in [-0.39, 0.29) is 13.2 Å². The summed E-state index contributed by atoms with van der Waals surface area (Å²) < 4.78 is 39.5. The van der Waals surface area contributed by atoms with Crippen LogP contribution in [0.3, 0.4) is 0 Å². The Hall–Kier alpha value is -2.11. The molecule has 0 bridgehead atoms. The molecule has 0 aliphatic rings. The van der Waals surface area contributed by atoms with Gasteiger partial charge in [0.1, 0.15) is 26.6 Å². The Balaban J connectivity index is 2.84. The number of halogens is 2. The first-order valence-corrected chi connectivity index (χ1v) is 6.57. The van der Waals surface area contributed by atoms with Crippen LogP contribution >= 0.6 is 0 Å². The zero-order chi connectivity index (χ0) is 15.5. The Morgan fingerprint density at radius 1 is 1.14 bits per heavy atom. The van der Waals surface area contributed by atoms with Crippen molar-refractivity contribution < 1.29 is 27.8 Å². The van der Waals surface area contributed by atoms with Crippen molar-refractivity contribution in [2.24, 2.45) is 0 Å². The van der Waals surface area contributed by atoms with Crippen molar-refractivity contribution >= 4 is 12.0 Å². The number of carbonyl (C=O) groups excluding carboxylic acids is 1. The van der Waals surface area contributed by atoms with E-state index in [1.54, 1.807) is 31.2 Å². The van der Waals surface area contributed by atoms with Crippen molar-refractivity contribution in [1.29, 1.82) is 0 Å². The quantitative estimate of drug-likeness (QED) is 0.519. The molecule has 4 nitrogen and oxygen atoms in total. The van der Waals surface area contributed by atoms with Gasteiger partial charge in [0.15, 0.2) is 11.5 Å². The maximum atomic E-state index is 12.2. The van der Waals surface area contributed by atoms with E-state index < -0.39 is 19.3 Å². The van der Waals surface area contributed by atoms with Gasteiger partial charge in [-0.15, -0.1) is 0 Å². The van der Waals surface area contributed by atoms with Gasteiger partial charge in [-0.05, 0) is 30.7 Å². The van der Waals surface area contributed by atoms with Gasteiger partial charge in [0.05, 0.1) is 6.61 Å². The summed E-state index contributed by atoms with van der Waals surface area (Å²) in [6.45, 7) is 0.495. The van der Waals surface area contributed by atoms with E-state index in [4.69, 9.17) is 14.2 Å². The van der Waals surface area contributed by atoms with Crippen LogP contribution in [-0.4, -0.2) is 39.1 Å². The SMILES string of the molecule is CCOC(=O)/C=C/c1ccc(OCCF)c(OCCF)c1. The van der Waals surface area contributed by atoms with Crippen molar-refractivity contribution in [3.8, 4) is 11.5 Å². The van der Waals surface area contributed by atoms with Gasteiger partial charge >= 0.3 is 5.97 Å². The van der Waals surface area contributed by atoms with Crippen molar-refractivity contribution in [3.05, 3.63) is 29.8 Å². The molecule has 0 saturated heterocycles. The third kappa shape index (κ3) is 6.25. The highest BCUT2D eigenvalue weighted by atomic mass is 19.1. The largest absolute Gasteiger partial charge is 0.487 e. The van der Waals surface area contributed by atoms with Gasteiger partial charge in [-0.2, -0.15) is 0 Å². The first kappa shape index (κ1) is 16.9. The van der Waals surface area contributed by atoms with E-state index in [0.29, 0.717) is 23.7 Å². The molecule has 0 saturated carbocycles. The molecule has 0 unspecified atom stereocenters. The average Bonchev–Trinajstić information content (AvgIpc) is 2.50. The molecule has 0 spiro atoms. The Labute approximate surface area is 122 Å². The minimum atomic E-state index is -0.647. The minimum Gasteiger partial charge on any atom is -0.487 e. The van der Waals surface area contributed by atoms with Crippen LogP contribution in [0.4, 0.5) is 8.78 Å². The van der Waals surface area contributed by atoms with E-state index in [9.17, 15) is 13.6 Å². The van der Waals surface area contributed by atoms with Gasteiger partial charge in [-0.3, -0.25) is 0 Å². The molecule has 6 heteroatoms. The third-order valence-corrected chi connectivity index (χ3v) is 2.34. The smallest absolute Gasteiger partial charge is 0.330 e. The fourth-order valence-corrected chi connectivity index (χ4v) is 1.51. The molecule has 0 fully saturated rings. The van der Waals surface area contributed by atoms with Crippen LogP contribution < -0.4 is 9.47 Å². The van der Waals surface area contributed by atoms with Gasteiger partial charge in [-0.1, -0.05) is 6.07 Å². The molecule has 0 aliphatic heterocycles. The molecule has 0 amide bonds. The van der Waals surface area contributed by atoms with E-state index in [1.165, 1.54) is 6.08 Å². The number of ether oxygens (including phenoxy) is 3. The Morgan fingerprint density at radius 2 is 1.81 bits per heavy atom. The molecule has 1 aromatic rings.